The summed E-state index contributed by atoms with van der Waals surface area (Å²) in [4.78, 5) is 24.6. The van der Waals surface area contributed by atoms with Gasteiger partial charge >= 0.3 is 0 Å². The molecule has 7 nitrogen and oxygen atoms in total. The molecule has 1 unspecified atom stereocenters. The number of anilines is 3. The van der Waals surface area contributed by atoms with Gasteiger partial charge in [0.15, 0.2) is 11.6 Å². The van der Waals surface area contributed by atoms with Gasteiger partial charge in [-0.1, -0.05) is 12.6 Å². The maximum absolute atomic E-state index is 14.4. The van der Waals surface area contributed by atoms with Crippen molar-refractivity contribution in [2.45, 2.75) is 44.8 Å². The molecule has 1 aromatic heterocycles. The highest BCUT2D eigenvalue weighted by Crippen LogP contribution is 2.34. The monoisotopic (exact) mass is 436 g/mol. The van der Waals surface area contributed by atoms with Crippen molar-refractivity contribution < 1.29 is 9.18 Å². The zero-order chi connectivity index (χ0) is 22.1. The smallest absolute Gasteiger partial charge is 0.246 e. The SMILES string of the molecule is C=CC(=O)N1CCCC(Nc2nc(Nc3ccc4c(c3)CN(CC3CC3)C4)ncc2F)C1. The third-order valence-corrected chi connectivity index (χ3v) is 6.46. The quantitative estimate of drug-likeness (QED) is 0.645. The van der Waals surface area contributed by atoms with E-state index in [1.165, 1.54) is 42.8 Å². The summed E-state index contributed by atoms with van der Waals surface area (Å²) in [6, 6.07) is 6.25. The average molecular weight is 437 g/mol. The van der Waals surface area contributed by atoms with Gasteiger partial charge in [0.2, 0.25) is 11.9 Å². The average Bonchev–Trinajstić information content (AvgIpc) is 3.52. The molecule has 1 atom stereocenters. The summed E-state index contributed by atoms with van der Waals surface area (Å²) in [6.45, 7) is 7.91. The van der Waals surface area contributed by atoms with Crippen LogP contribution in [0.5, 0.6) is 0 Å². The molecule has 1 aliphatic carbocycles. The fourth-order valence-electron chi connectivity index (χ4n) is 4.61. The van der Waals surface area contributed by atoms with Crippen LogP contribution in [0, 0.1) is 11.7 Å². The van der Waals surface area contributed by atoms with E-state index >= 15 is 0 Å². The Bertz CT molecular complexity index is 1020. The van der Waals surface area contributed by atoms with E-state index in [1.54, 1.807) is 4.90 Å². The van der Waals surface area contributed by atoms with Crippen LogP contribution in [0.25, 0.3) is 0 Å². The zero-order valence-corrected chi connectivity index (χ0v) is 18.2. The summed E-state index contributed by atoms with van der Waals surface area (Å²) >= 11 is 0. The van der Waals surface area contributed by atoms with Gasteiger partial charge in [-0.2, -0.15) is 4.98 Å². The van der Waals surface area contributed by atoms with E-state index in [-0.39, 0.29) is 17.8 Å². The van der Waals surface area contributed by atoms with Gasteiger partial charge in [-0.25, -0.2) is 9.37 Å². The number of hydrogen-bond donors (Lipinski definition) is 2. The zero-order valence-electron chi connectivity index (χ0n) is 18.2. The number of likely N-dealkylation sites (tertiary alicyclic amines) is 1. The second-order valence-corrected chi connectivity index (χ2v) is 9.08. The van der Waals surface area contributed by atoms with E-state index in [9.17, 15) is 9.18 Å². The number of amides is 1. The van der Waals surface area contributed by atoms with Gasteiger partial charge in [0, 0.05) is 44.5 Å². The van der Waals surface area contributed by atoms with Crippen molar-refractivity contribution in [3.8, 4) is 0 Å². The lowest BCUT2D eigenvalue weighted by molar-refractivity contribution is -0.127. The molecule has 1 amide bonds. The summed E-state index contributed by atoms with van der Waals surface area (Å²) in [6.07, 6.45) is 6.91. The summed E-state index contributed by atoms with van der Waals surface area (Å²) in [5, 5.41) is 6.37. The highest BCUT2D eigenvalue weighted by molar-refractivity contribution is 5.87. The number of benzene rings is 1. The van der Waals surface area contributed by atoms with Crippen LogP contribution in [-0.2, 0) is 17.9 Å². The van der Waals surface area contributed by atoms with E-state index in [2.05, 4.69) is 44.2 Å². The lowest BCUT2D eigenvalue weighted by Crippen LogP contribution is -2.44. The van der Waals surface area contributed by atoms with Crippen LogP contribution >= 0.6 is 0 Å². The first-order valence-electron chi connectivity index (χ1n) is 11.4. The molecule has 2 fully saturated rings. The molecule has 3 heterocycles. The van der Waals surface area contributed by atoms with Gasteiger partial charge < -0.3 is 15.5 Å². The molecule has 8 heteroatoms. The van der Waals surface area contributed by atoms with Gasteiger partial charge in [0.25, 0.3) is 0 Å². The van der Waals surface area contributed by atoms with Crippen molar-refractivity contribution in [1.29, 1.82) is 0 Å². The Kier molecular flexibility index (Phi) is 5.78. The number of rotatable bonds is 7. The molecule has 0 bridgehead atoms. The van der Waals surface area contributed by atoms with Crippen LogP contribution in [0.3, 0.4) is 0 Å². The molecule has 2 N–H and O–H groups in total. The molecule has 1 saturated heterocycles. The summed E-state index contributed by atoms with van der Waals surface area (Å²) < 4.78 is 14.4. The number of carbonyl (C=O) groups excluding carboxylic acids is 1. The minimum absolute atomic E-state index is 0.0673. The fourth-order valence-corrected chi connectivity index (χ4v) is 4.61. The Morgan fingerprint density at radius 2 is 2.09 bits per heavy atom. The van der Waals surface area contributed by atoms with Crippen molar-refractivity contribution in [2.24, 2.45) is 5.92 Å². The molecule has 0 radical (unpaired) electrons. The van der Waals surface area contributed by atoms with Crippen LogP contribution in [0.1, 0.15) is 36.8 Å². The summed E-state index contributed by atoms with van der Waals surface area (Å²) in [7, 11) is 0. The molecule has 5 rings (SSSR count). The van der Waals surface area contributed by atoms with Crippen LogP contribution in [0.15, 0.2) is 37.1 Å². The van der Waals surface area contributed by atoms with Crippen molar-refractivity contribution in [3.05, 3.63) is 54.0 Å². The second kappa shape index (κ2) is 8.86. The van der Waals surface area contributed by atoms with Crippen molar-refractivity contribution in [3.63, 3.8) is 0 Å². The van der Waals surface area contributed by atoms with Gasteiger partial charge in [-0.3, -0.25) is 9.69 Å². The Balaban J connectivity index is 1.24. The summed E-state index contributed by atoms with van der Waals surface area (Å²) in [5.41, 5.74) is 3.59. The molecule has 168 valence electrons. The number of piperidine rings is 1. The molecule has 1 saturated carbocycles. The molecule has 3 aliphatic rings. The largest absolute Gasteiger partial charge is 0.363 e. The number of carbonyl (C=O) groups is 1. The van der Waals surface area contributed by atoms with Crippen LogP contribution in [0.4, 0.5) is 21.8 Å². The van der Waals surface area contributed by atoms with Gasteiger partial charge in [0.05, 0.1) is 6.20 Å². The van der Waals surface area contributed by atoms with E-state index in [0.29, 0.717) is 19.0 Å². The molecule has 1 aromatic carbocycles. The highest BCUT2D eigenvalue weighted by Gasteiger charge is 2.28. The van der Waals surface area contributed by atoms with Crippen LogP contribution < -0.4 is 10.6 Å². The number of nitrogens with zero attached hydrogens (tertiary/aromatic N) is 4. The maximum atomic E-state index is 14.4. The van der Waals surface area contributed by atoms with Gasteiger partial charge in [0.1, 0.15) is 0 Å². The van der Waals surface area contributed by atoms with Crippen molar-refractivity contribution in [1.82, 2.24) is 19.8 Å². The third-order valence-electron chi connectivity index (χ3n) is 6.46. The van der Waals surface area contributed by atoms with E-state index < -0.39 is 5.82 Å². The maximum Gasteiger partial charge on any atom is 0.246 e. The fraction of sp³-hybridized carbons (Fsp3) is 0.458. The van der Waals surface area contributed by atoms with Crippen molar-refractivity contribution >= 4 is 23.4 Å². The van der Waals surface area contributed by atoms with Crippen LogP contribution in [0.2, 0.25) is 0 Å². The van der Waals surface area contributed by atoms with E-state index in [1.807, 2.05) is 6.07 Å². The predicted octanol–water partition coefficient (Wildman–Crippen LogP) is 3.67. The molecule has 2 aromatic rings. The minimum atomic E-state index is -0.507. The summed E-state index contributed by atoms with van der Waals surface area (Å²) in [5.74, 6) is 0.766. The molecule has 32 heavy (non-hydrogen) atoms. The van der Waals surface area contributed by atoms with E-state index in [0.717, 1.165) is 37.5 Å². The van der Waals surface area contributed by atoms with Gasteiger partial charge in [-0.15, -0.1) is 0 Å². The number of nitrogens with one attached hydrogen (secondary N) is 2. The second-order valence-electron chi connectivity index (χ2n) is 9.08. The topological polar surface area (TPSA) is 73.4 Å². The first-order chi connectivity index (χ1) is 15.6. The Hall–Kier alpha value is -3.00. The first-order valence-corrected chi connectivity index (χ1v) is 11.4. The van der Waals surface area contributed by atoms with E-state index in [4.69, 9.17) is 0 Å². The predicted molar refractivity (Wildman–Crippen MR) is 122 cm³/mol. The molecule has 2 aliphatic heterocycles. The Morgan fingerprint density at radius 1 is 1.25 bits per heavy atom. The highest BCUT2D eigenvalue weighted by atomic mass is 19.1. The number of hydrogen-bond acceptors (Lipinski definition) is 6. The minimum Gasteiger partial charge on any atom is -0.363 e. The standard InChI is InChI=1S/C24H29FN6O/c1-2-22(32)31-9-3-4-20(15-31)27-23-21(25)11-26-24(29-23)28-19-8-7-17-13-30(12-16-5-6-16)14-18(17)10-19/h2,7-8,10-11,16,20H,1,3-6,9,12-15H2,(H2,26,27,28,29). The Labute approximate surface area is 187 Å². The number of fused-ring (bicyclic) bond motifs is 1. The Morgan fingerprint density at radius 3 is 2.91 bits per heavy atom. The third kappa shape index (κ3) is 4.75. The number of aromatic nitrogens is 2. The van der Waals surface area contributed by atoms with Crippen LogP contribution in [-0.4, -0.2) is 51.4 Å². The number of halogens is 1. The normalized spacial score (nSPS) is 20.7. The first kappa shape index (κ1) is 20.9. The molecule has 0 spiro atoms. The molecular weight excluding hydrogens is 407 g/mol. The molecular formula is C24H29FN6O. The van der Waals surface area contributed by atoms with Gasteiger partial charge in [-0.05, 0) is 60.9 Å². The lowest BCUT2D eigenvalue weighted by Gasteiger charge is -2.32. The van der Waals surface area contributed by atoms with Crippen molar-refractivity contribution in [2.75, 3.05) is 30.3 Å². The lowest BCUT2D eigenvalue weighted by atomic mass is 10.1.